The van der Waals surface area contributed by atoms with E-state index in [0.717, 1.165) is 24.8 Å². The Bertz CT molecular complexity index is 952. The monoisotopic (exact) mass is 432 g/mol. The van der Waals surface area contributed by atoms with Gasteiger partial charge in [0, 0.05) is 12.7 Å². The van der Waals surface area contributed by atoms with Gasteiger partial charge in [0.25, 0.3) is 5.91 Å². The van der Waals surface area contributed by atoms with E-state index in [1.807, 2.05) is 24.3 Å². The first-order chi connectivity index (χ1) is 14.2. The number of benzene rings is 2. The number of sulfonamides is 1. The summed E-state index contributed by atoms with van der Waals surface area (Å²) in [6, 6.07) is 13.9. The maximum absolute atomic E-state index is 12.4. The number of ether oxygens (including phenoxy) is 2. The van der Waals surface area contributed by atoms with Crippen LogP contribution in [-0.4, -0.2) is 39.8 Å². The van der Waals surface area contributed by atoms with Crippen LogP contribution in [0.5, 0.6) is 11.5 Å². The topological polar surface area (TPSA) is 84.9 Å². The molecule has 162 valence electrons. The zero-order chi connectivity index (χ0) is 21.7. The van der Waals surface area contributed by atoms with Gasteiger partial charge in [-0.05, 0) is 81.1 Å². The fraction of sp³-hybridized carbons (Fsp3) is 0.409. The van der Waals surface area contributed by atoms with Crippen molar-refractivity contribution in [2.45, 2.75) is 44.8 Å². The second kappa shape index (κ2) is 9.38. The van der Waals surface area contributed by atoms with Crippen LogP contribution in [0.1, 0.15) is 32.6 Å². The van der Waals surface area contributed by atoms with E-state index in [0.29, 0.717) is 23.2 Å². The number of amides is 1. The Hall–Kier alpha value is -2.74. The molecular formula is C22H28N2O5S. The molecule has 1 amide bonds. The zero-order valence-corrected chi connectivity index (χ0v) is 18.3. The van der Waals surface area contributed by atoms with Gasteiger partial charge in [-0.15, -0.1) is 0 Å². The number of hydrogen-bond donors (Lipinski definition) is 1. The maximum atomic E-state index is 12.4. The summed E-state index contributed by atoms with van der Waals surface area (Å²) in [5.41, 5.74) is 1.18. The Labute approximate surface area is 178 Å². The molecule has 1 saturated carbocycles. The highest BCUT2D eigenvalue weighted by Gasteiger charge is 2.18. The van der Waals surface area contributed by atoms with Crippen LogP contribution in [0.2, 0.25) is 0 Å². The molecule has 3 rings (SSSR count). The minimum atomic E-state index is -3.33. The van der Waals surface area contributed by atoms with Gasteiger partial charge in [0.15, 0.2) is 6.10 Å². The zero-order valence-electron chi connectivity index (χ0n) is 17.5. The summed E-state index contributed by atoms with van der Waals surface area (Å²) >= 11 is 0. The fourth-order valence-electron chi connectivity index (χ4n) is 3.24. The Morgan fingerprint density at radius 1 is 1.03 bits per heavy atom. The van der Waals surface area contributed by atoms with Crippen molar-refractivity contribution in [3.05, 3.63) is 48.5 Å². The Morgan fingerprint density at radius 3 is 2.17 bits per heavy atom. The van der Waals surface area contributed by atoms with Crippen molar-refractivity contribution in [2.24, 2.45) is 0 Å². The maximum Gasteiger partial charge on any atom is 0.265 e. The lowest BCUT2D eigenvalue weighted by Crippen LogP contribution is -2.30. The quantitative estimate of drug-likeness (QED) is 0.686. The molecule has 0 heterocycles. The van der Waals surface area contributed by atoms with E-state index in [4.69, 9.17) is 9.47 Å². The van der Waals surface area contributed by atoms with Crippen molar-refractivity contribution < 1.29 is 22.7 Å². The third-order valence-corrected chi connectivity index (χ3v) is 6.31. The number of hydrogen-bond acceptors (Lipinski definition) is 5. The number of nitrogens with one attached hydrogen (secondary N) is 1. The van der Waals surface area contributed by atoms with Crippen molar-refractivity contribution in [1.29, 1.82) is 0 Å². The molecule has 1 atom stereocenters. The first-order valence-corrected chi connectivity index (χ1v) is 11.9. The summed E-state index contributed by atoms with van der Waals surface area (Å²) in [4.78, 5) is 12.4. The number of nitrogens with zero attached hydrogens (tertiary/aromatic N) is 1. The van der Waals surface area contributed by atoms with Crippen molar-refractivity contribution in [1.82, 2.24) is 0 Å². The fourth-order valence-corrected chi connectivity index (χ4v) is 3.75. The predicted octanol–water partition coefficient (Wildman–Crippen LogP) is 3.81. The number of carbonyl (C=O) groups excluding carboxylic acids is 1. The van der Waals surface area contributed by atoms with Gasteiger partial charge in [0.05, 0.1) is 18.0 Å². The van der Waals surface area contributed by atoms with Gasteiger partial charge >= 0.3 is 0 Å². The summed E-state index contributed by atoms with van der Waals surface area (Å²) in [6.45, 7) is 1.66. The highest BCUT2D eigenvalue weighted by Crippen LogP contribution is 2.25. The van der Waals surface area contributed by atoms with Crippen LogP contribution >= 0.6 is 0 Å². The molecule has 0 aliphatic heterocycles. The van der Waals surface area contributed by atoms with Crippen LogP contribution in [0.3, 0.4) is 0 Å². The van der Waals surface area contributed by atoms with E-state index in [2.05, 4.69) is 5.32 Å². The molecule has 0 saturated heterocycles. The van der Waals surface area contributed by atoms with Crippen molar-refractivity contribution >= 4 is 27.3 Å². The first-order valence-electron chi connectivity index (χ1n) is 10.0. The van der Waals surface area contributed by atoms with Gasteiger partial charge < -0.3 is 14.8 Å². The largest absolute Gasteiger partial charge is 0.490 e. The minimum Gasteiger partial charge on any atom is -0.490 e. The van der Waals surface area contributed by atoms with Gasteiger partial charge in [-0.3, -0.25) is 9.10 Å². The number of anilines is 2. The smallest absolute Gasteiger partial charge is 0.265 e. The molecule has 2 aromatic carbocycles. The third-order valence-electron chi connectivity index (χ3n) is 5.11. The van der Waals surface area contributed by atoms with Crippen LogP contribution in [0.15, 0.2) is 48.5 Å². The Kier molecular flexibility index (Phi) is 6.87. The van der Waals surface area contributed by atoms with Gasteiger partial charge in [0.1, 0.15) is 11.5 Å². The van der Waals surface area contributed by atoms with Crippen molar-refractivity contribution in [3.63, 3.8) is 0 Å². The molecule has 7 nitrogen and oxygen atoms in total. The molecule has 0 bridgehead atoms. The van der Waals surface area contributed by atoms with Gasteiger partial charge in [-0.25, -0.2) is 8.42 Å². The molecule has 0 spiro atoms. The van der Waals surface area contributed by atoms with Crippen LogP contribution in [-0.2, 0) is 14.8 Å². The van der Waals surface area contributed by atoms with Gasteiger partial charge in [0.2, 0.25) is 10.0 Å². The average molecular weight is 433 g/mol. The van der Waals surface area contributed by atoms with E-state index in [1.54, 1.807) is 31.2 Å². The van der Waals surface area contributed by atoms with Crippen LogP contribution in [0, 0.1) is 0 Å². The minimum absolute atomic E-state index is 0.281. The predicted molar refractivity (Wildman–Crippen MR) is 118 cm³/mol. The Morgan fingerprint density at radius 2 is 1.60 bits per heavy atom. The number of carbonyl (C=O) groups is 1. The third kappa shape index (κ3) is 5.89. The molecular weight excluding hydrogens is 404 g/mol. The van der Waals surface area contributed by atoms with E-state index in [1.165, 1.54) is 24.2 Å². The first kappa shape index (κ1) is 22.0. The SMILES string of the molecule is C[C@@H](Oc1ccc(N(C)S(C)(=O)=O)cc1)C(=O)Nc1ccc(OC2CCCC2)cc1. The normalized spacial score (nSPS) is 15.4. The molecule has 30 heavy (non-hydrogen) atoms. The van der Waals surface area contributed by atoms with E-state index in [-0.39, 0.29) is 5.91 Å². The van der Waals surface area contributed by atoms with E-state index >= 15 is 0 Å². The lowest BCUT2D eigenvalue weighted by molar-refractivity contribution is -0.122. The summed E-state index contributed by atoms with van der Waals surface area (Å²) in [5.74, 6) is 1.00. The highest BCUT2D eigenvalue weighted by molar-refractivity contribution is 7.92. The summed E-state index contributed by atoms with van der Waals surface area (Å²) < 4.78 is 36.0. The molecule has 1 aliphatic carbocycles. The standard InChI is InChI=1S/C22H28N2O5S/c1-16(28-20-14-10-18(11-15-20)24(2)30(3,26)27)22(25)23-17-8-12-21(13-9-17)29-19-6-4-5-7-19/h8-16,19H,4-7H2,1-3H3,(H,23,25)/t16-/m1/s1. The molecule has 0 radical (unpaired) electrons. The van der Waals surface area contributed by atoms with Crippen molar-refractivity contribution in [3.8, 4) is 11.5 Å². The lowest BCUT2D eigenvalue weighted by Gasteiger charge is -2.18. The van der Waals surface area contributed by atoms with E-state index in [9.17, 15) is 13.2 Å². The molecule has 2 aromatic rings. The second-order valence-electron chi connectivity index (χ2n) is 7.52. The van der Waals surface area contributed by atoms with Gasteiger partial charge in [-0.2, -0.15) is 0 Å². The molecule has 0 unspecified atom stereocenters. The van der Waals surface area contributed by atoms with Crippen molar-refractivity contribution in [2.75, 3.05) is 22.9 Å². The number of rotatable bonds is 8. The average Bonchev–Trinajstić information content (AvgIpc) is 3.22. The molecule has 1 fully saturated rings. The Balaban J connectivity index is 1.53. The van der Waals surface area contributed by atoms with Crippen LogP contribution in [0.25, 0.3) is 0 Å². The summed E-state index contributed by atoms with van der Waals surface area (Å²) in [7, 11) is -1.85. The summed E-state index contributed by atoms with van der Waals surface area (Å²) in [6.07, 6.45) is 5.33. The van der Waals surface area contributed by atoms with Crippen LogP contribution < -0.4 is 19.1 Å². The van der Waals surface area contributed by atoms with Gasteiger partial charge in [-0.1, -0.05) is 0 Å². The second-order valence-corrected chi connectivity index (χ2v) is 9.54. The van der Waals surface area contributed by atoms with Crippen LogP contribution in [0.4, 0.5) is 11.4 Å². The summed E-state index contributed by atoms with van der Waals surface area (Å²) in [5, 5.41) is 2.83. The molecule has 1 N–H and O–H groups in total. The lowest BCUT2D eigenvalue weighted by atomic mass is 10.2. The molecule has 0 aromatic heterocycles. The molecule has 1 aliphatic rings. The molecule has 8 heteroatoms. The van der Waals surface area contributed by atoms with E-state index < -0.39 is 16.1 Å². The highest BCUT2D eigenvalue weighted by atomic mass is 32.2.